The first kappa shape index (κ1) is 19.2. The average molecular weight is 434 g/mol. The predicted molar refractivity (Wildman–Crippen MR) is 122 cm³/mol. The van der Waals surface area contributed by atoms with Gasteiger partial charge in [-0.3, -0.25) is 14.7 Å². The number of carbonyl (C=O) groups excluding carboxylic acids is 1. The van der Waals surface area contributed by atoms with Gasteiger partial charge in [-0.15, -0.1) is 0 Å². The van der Waals surface area contributed by atoms with Crippen molar-refractivity contribution < 1.29 is 4.79 Å². The molecule has 0 aliphatic heterocycles. The summed E-state index contributed by atoms with van der Waals surface area (Å²) in [5.74, 6) is -0.0656. The molecule has 0 fully saturated rings. The van der Waals surface area contributed by atoms with Gasteiger partial charge in [-0.25, -0.2) is 4.98 Å². The lowest BCUT2D eigenvalue weighted by Crippen LogP contribution is -2.31. The van der Waals surface area contributed by atoms with Crippen LogP contribution in [-0.4, -0.2) is 15.9 Å². The summed E-state index contributed by atoms with van der Waals surface area (Å²) < 4.78 is 0.960. The molecule has 0 saturated carbocycles. The van der Waals surface area contributed by atoms with Crippen LogP contribution >= 0.6 is 22.9 Å². The van der Waals surface area contributed by atoms with E-state index >= 15 is 0 Å². The van der Waals surface area contributed by atoms with Crippen LogP contribution in [0, 0.1) is 0 Å². The maximum absolute atomic E-state index is 13.6. The summed E-state index contributed by atoms with van der Waals surface area (Å²) in [6.45, 7) is 0.355. The van der Waals surface area contributed by atoms with E-state index < -0.39 is 0 Å². The maximum atomic E-state index is 13.6. The first-order valence-corrected chi connectivity index (χ1v) is 11.3. The van der Waals surface area contributed by atoms with E-state index in [1.54, 1.807) is 11.1 Å². The van der Waals surface area contributed by atoms with Crippen LogP contribution in [0.5, 0.6) is 0 Å². The molecule has 150 valence electrons. The predicted octanol–water partition coefficient (Wildman–Crippen LogP) is 6.07. The maximum Gasteiger partial charge on any atom is 0.260 e. The molecule has 0 radical (unpaired) electrons. The van der Waals surface area contributed by atoms with E-state index in [1.165, 1.54) is 35.3 Å². The number of hydrogen-bond donors (Lipinski definition) is 0. The number of benzene rings is 2. The molecule has 2 aromatic heterocycles. The van der Waals surface area contributed by atoms with Crippen molar-refractivity contribution in [1.82, 2.24) is 9.97 Å². The summed E-state index contributed by atoms with van der Waals surface area (Å²) in [6.07, 6.45) is 6.27. The summed E-state index contributed by atoms with van der Waals surface area (Å²) in [5.41, 5.74) is 4.88. The molecule has 0 unspecified atom stereocenters. The van der Waals surface area contributed by atoms with Gasteiger partial charge >= 0.3 is 0 Å². The van der Waals surface area contributed by atoms with E-state index in [-0.39, 0.29) is 5.91 Å². The average Bonchev–Trinajstić information content (AvgIpc) is 3.23. The number of aromatic nitrogens is 2. The molecular formula is C24H20ClN3OS. The SMILES string of the molecule is O=C(c1ccc2c(c1)CCCC2)N(Cc1ccccn1)c1nc2c(Cl)cccc2s1. The minimum absolute atomic E-state index is 0.0656. The Hall–Kier alpha value is -2.76. The number of anilines is 1. The zero-order valence-corrected chi connectivity index (χ0v) is 17.9. The fourth-order valence-electron chi connectivity index (χ4n) is 3.92. The molecule has 2 aromatic carbocycles. The van der Waals surface area contributed by atoms with E-state index in [0.717, 1.165) is 28.8 Å². The molecule has 0 spiro atoms. The van der Waals surface area contributed by atoms with Crippen LogP contribution in [0.25, 0.3) is 10.2 Å². The zero-order valence-electron chi connectivity index (χ0n) is 16.3. The van der Waals surface area contributed by atoms with Crippen LogP contribution in [0.4, 0.5) is 5.13 Å². The van der Waals surface area contributed by atoms with Crippen LogP contribution < -0.4 is 4.90 Å². The normalized spacial score (nSPS) is 13.2. The second-order valence-corrected chi connectivity index (χ2v) is 8.90. The van der Waals surface area contributed by atoms with Crippen molar-refractivity contribution in [2.45, 2.75) is 32.2 Å². The van der Waals surface area contributed by atoms with Gasteiger partial charge in [0.25, 0.3) is 5.91 Å². The van der Waals surface area contributed by atoms with Gasteiger partial charge in [0.1, 0.15) is 5.52 Å². The van der Waals surface area contributed by atoms with Crippen LogP contribution in [0.3, 0.4) is 0 Å². The standard InChI is InChI=1S/C24H20ClN3OS/c25-20-9-5-10-21-22(20)27-24(30-21)28(15-19-8-3-4-13-26-19)23(29)18-12-11-16-6-1-2-7-17(16)14-18/h3-5,8-14H,1-2,6-7,15H2. The van der Waals surface area contributed by atoms with Crippen LogP contribution in [0.15, 0.2) is 60.8 Å². The first-order valence-electron chi connectivity index (χ1n) is 10.1. The fraction of sp³-hybridized carbons (Fsp3) is 0.208. The minimum Gasteiger partial charge on any atom is -0.278 e. The lowest BCUT2D eigenvalue weighted by molar-refractivity contribution is 0.0984. The molecule has 0 bridgehead atoms. The quantitative estimate of drug-likeness (QED) is 0.392. The molecule has 5 rings (SSSR count). The van der Waals surface area contributed by atoms with Crippen molar-refractivity contribution in [3.63, 3.8) is 0 Å². The highest BCUT2D eigenvalue weighted by atomic mass is 35.5. The van der Waals surface area contributed by atoms with Gasteiger partial charge in [0.15, 0.2) is 5.13 Å². The Morgan fingerprint density at radius 1 is 1.03 bits per heavy atom. The van der Waals surface area contributed by atoms with Crippen molar-refractivity contribution in [1.29, 1.82) is 0 Å². The third-order valence-electron chi connectivity index (χ3n) is 5.48. The number of para-hydroxylation sites is 1. The number of aryl methyl sites for hydroxylation is 2. The Morgan fingerprint density at radius 3 is 2.70 bits per heavy atom. The molecule has 4 aromatic rings. The number of pyridine rings is 1. The molecule has 0 N–H and O–H groups in total. The topological polar surface area (TPSA) is 46.1 Å². The van der Waals surface area contributed by atoms with Crippen molar-refractivity contribution in [2.75, 3.05) is 4.90 Å². The highest BCUT2D eigenvalue weighted by Gasteiger charge is 2.24. The van der Waals surface area contributed by atoms with E-state index in [0.29, 0.717) is 22.3 Å². The van der Waals surface area contributed by atoms with Crippen molar-refractivity contribution >= 4 is 44.2 Å². The van der Waals surface area contributed by atoms with Crippen molar-refractivity contribution in [2.24, 2.45) is 0 Å². The third-order valence-corrected chi connectivity index (χ3v) is 6.82. The highest BCUT2D eigenvalue weighted by Crippen LogP contribution is 2.34. The molecule has 2 heterocycles. The van der Waals surface area contributed by atoms with Gasteiger partial charge in [0.05, 0.1) is 22.0 Å². The Morgan fingerprint density at radius 2 is 1.90 bits per heavy atom. The van der Waals surface area contributed by atoms with E-state index in [9.17, 15) is 4.79 Å². The summed E-state index contributed by atoms with van der Waals surface area (Å²) in [6, 6.07) is 17.5. The van der Waals surface area contributed by atoms with Gasteiger partial charge in [-0.2, -0.15) is 0 Å². The molecule has 1 aliphatic rings. The number of amides is 1. The van der Waals surface area contributed by atoms with Crippen molar-refractivity contribution in [3.05, 3.63) is 88.2 Å². The molecule has 1 aliphatic carbocycles. The van der Waals surface area contributed by atoms with Crippen LogP contribution in [0.1, 0.15) is 40.0 Å². The summed E-state index contributed by atoms with van der Waals surface area (Å²) in [5, 5.41) is 1.22. The molecule has 4 nitrogen and oxygen atoms in total. The summed E-state index contributed by atoms with van der Waals surface area (Å²) in [4.78, 5) is 24.5. The largest absolute Gasteiger partial charge is 0.278 e. The number of thiazole rings is 1. The number of fused-ring (bicyclic) bond motifs is 2. The number of hydrogen-bond acceptors (Lipinski definition) is 4. The molecular weight excluding hydrogens is 414 g/mol. The van der Waals surface area contributed by atoms with E-state index in [4.69, 9.17) is 16.6 Å². The number of rotatable bonds is 4. The smallest absolute Gasteiger partial charge is 0.260 e. The number of halogens is 1. The van der Waals surface area contributed by atoms with Crippen molar-refractivity contribution in [3.8, 4) is 0 Å². The number of nitrogens with zero attached hydrogens (tertiary/aromatic N) is 3. The zero-order chi connectivity index (χ0) is 20.5. The van der Waals surface area contributed by atoms with Gasteiger partial charge in [0, 0.05) is 11.8 Å². The third kappa shape index (κ3) is 3.71. The highest BCUT2D eigenvalue weighted by molar-refractivity contribution is 7.22. The van der Waals surface area contributed by atoms with Gasteiger partial charge in [0.2, 0.25) is 0 Å². The Labute approximate surface area is 184 Å². The van der Waals surface area contributed by atoms with E-state index in [2.05, 4.69) is 17.1 Å². The lowest BCUT2D eigenvalue weighted by Gasteiger charge is -2.21. The Kier molecular flexibility index (Phi) is 5.23. The minimum atomic E-state index is -0.0656. The summed E-state index contributed by atoms with van der Waals surface area (Å²) >= 11 is 7.81. The van der Waals surface area contributed by atoms with E-state index in [1.807, 2.05) is 42.5 Å². The van der Waals surface area contributed by atoms with Crippen LogP contribution in [-0.2, 0) is 19.4 Å². The van der Waals surface area contributed by atoms with Crippen LogP contribution in [0.2, 0.25) is 5.02 Å². The van der Waals surface area contributed by atoms with Gasteiger partial charge in [-0.05, 0) is 73.2 Å². The van der Waals surface area contributed by atoms with Gasteiger partial charge in [-0.1, -0.05) is 41.1 Å². The molecule has 0 saturated heterocycles. The second-order valence-electron chi connectivity index (χ2n) is 7.49. The first-order chi connectivity index (χ1) is 14.7. The Bertz CT molecular complexity index is 1220. The molecule has 1 amide bonds. The molecule has 6 heteroatoms. The fourth-order valence-corrected chi connectivity index (χ4v) is 5.18. The molecule has 0 atom stereocenters. The summed E-state index contributed by atoms with van der Waals surface area (Å²) in [7, 11) is 0. The van der Waals surface area contributed by atoms with Gasteiger partial charge < -0.3 is 0 Å². The Balaban J connectivity index is 1.56. The molecule has 30 heavy (non-hydrogen) atoms. The second kappa shape index (κ2) is 8.17. The number of carbonyl (C=O) groups is 1. The lowest BCUT2D eigenvalue weighted by atomic mass is 9.90. The monoisotopic (exact) mass is 433 g/mol.